The monoisotopic (exact) mass is 538 g/mol. The van der Waals surface area contributed by atoms with Gasteiger partial charge in [0, 0.05) is 0 Å². The van der Waals surface area contributed by atoms with Gasteiger partial charge in [0.05, 0.1) is 0 Å². The van der Waals surface area contributed by atoms with Crippen molar-refractivity contribution in [1.82, 2.24) is 0 Å². The summed E-state index contributed by atoms with van der Waals surface area (Å²) in [6.07, 6.45) is 38.9. The SMILES string of the molecule is CC(C=CC=C(C)C=CC1=C(C)CCCC1(C)C)=CC=CC=C(C)C=CC=C(C)C=CC1C(C)CCCC1(C)C. The lowest BCUT2D eigenvalue weighted by molar-refractivity contribution is 0.123. The average molecular weight is 539 g/mol. The van der Waals surface area contributed by atoms with Crippen molar-refractivity contribution in [3.8, 4) is 0 Å². The maximum atomic E-state index is 2.46. The zero-order valence-electron chi connectivity index (χ0n) is 27.5. The summed E-state index contributed by atoms with van der Waals surface area (Å²) in [6.45, 7) is 23.0. The quantitative estimate of drug-likeness (QED) is 0.243. The Morgan fingerprint density at radius 3 is 1.75 bits per heavy atom. The van der Waals surface area contributed by atoms with E-state index in [0.717, 1.165) is 5.92 Å². The molecule has 218 valence electrons. The molecular formula is C40H58. The van der Waals surface area contributed by atoms with Crippen LogP contribution in [0.5, 0.6) is 0 Å². The van der Waals surface area contributed by atoms with Gasteiger partial charge in [-0.2, -0.15) is 0 Å². The van der Waals surface area contributed by atoms with Gasteiger partial charge in [-0.15, -0.1) is 0 Å². The molecule has 0 amide bonds. The van der Waals surface area contributed by atoms with Crippen LogP contribution in [0.2, 0.25) is 0 Å². The van der Waals surface area contributed by atoms with Crippen LogP contribution in [-0.2, 0) is 0 Å². The van der Waals surface area contributed by atoms with E-state index >= 15 is 0 Å². The summed E-state index contributed by atoms with van der Waals surface area (Å²) in [5, 5.41) is 0. The molecule has 2 atom stereocenters. The summed E-state index contributed by atoms with van der Waals surface area (Å²) < 4.78 is 0. The molecule has 0 radical (unpaired) electrons. The predicted octanol–water partition coefficient (Wildman–Crippen LogP) is 12.5. The summed E-state index contributed by atoms with van der Waals surface area (Å²) in [5.74, 6) is 1.45. The lowest BCUT2D eigenvalue weighted by Crippen LogP contribution is -2.32. The first-order valence-electron chi connectivity index (χ1n) is 15.6. The average Bonchev–Trinajstić information content (AvgIpc) is 2.85. The fourth-order valence-electron chi connectivity index (χ4n) is 6.27. The van der Waals surface area contributed by atoms with E-state index in [4.69, 9.17) is 0 Å². The maximum absolute atomic E-state index is 2.46. The van der Waals surface area contributed by atoms with Crippen molar-refractivity contribution in [2.45, 2.75) is 108 Å². The van der Waals surface area contributed by atoms with Crippen molar-refractivity contribution in [1.29, 1.82) is 0 Å². The summed E-state index contributed by atoms with van der Waals surface area (Å²) in [5.41, 5.74) is 8.83. The normalized spacial score (nSPS) is 25.6. The molecule has 40 heavy (non-hydrogen) atoms. The summed E-state index contributed by atoms with van der Waals surface area (Å²) in [6, 6.07) is 0. The van der Waals surface area contributed by atoms with Crippen molar-refractivity contribution in [2.24, 2.45) is 22.7 Å². The van der Waals surface area contributed by atoms with E-state index in [1.165, 1.54) is 66.4 Å². The van der Waals surface area contributed by atoms with Crippen LogP contribution in [0.15, 0.2) is 119 Å². The molecule has 0 aromatic rings. The zero-order chi connectivity index (χ0) is 29.8. The molecule has 1 fully saturated rings. The fourth-order valence-corrected chi connectivity index (χ4v) is 6.27. The summed E-state index contributed by atoms with van der Waals surface area (Å²) >= 11 is 0. The summed E-state index contributed by atoms with van der Waals surface area (Å²) in [7, 11) is 0. The molecule has 0 aromatic heterocycles. The molecule has 0 nitrogen and oxygen atoms in total. The van der Waals surface area contributed by atoms with Gasteiger partial charge < -0.3 is 0 Å². The minimum Gasteiger partial charge on any atom is -0.0804 e. The van der Waals surface area contributed by atoms with Crippen LogP contribution in [0.25, 0.3) is 0 Å². The van der Waals surface area contributed by atoms with Crippen molar-refractivity contribution in [3.05, 3.63) is 119 Å². The second-order valence-corrected chi connectivity index (χ2v) is 13.8. The topological polar surface area (TPSA) is 0 Å². The molecule has 1 saturated carbocycles. The van der Waals surface area contributed by atoms with Crippen LogP contribution in [0.3, 0.4) is 0 Å². The van der Waals surface area contributed by atoms with Crippen molar-refractivity contribution in [2.75, 3.05) is 0 Å². The Morgan fingerprint density at radius 1 is 0.675 bits per heavy atom. The van der Waals surface area contributed by atoms with Gasteiger partial charge in [-0.25, -0.2) is 0 Å². The Hall–Kier alpha value is -2.60. The zero-order valence-corrected chi connectivity index (χ0v) is 27.5. The van der Waals surface area contributed by atoms with E-state index in [9.17, 15) is 0 Å². The Labute approximate surface area is 248 Å². The van der Waals surface area contributed by atoms with Gasteiger partial charge in [-0.05, 0) is 88.5 Å². The molecule has 0 heterocycles. The molecule has 2 aliphatic carbocycles. The molecular weight excluding hydrogens is 480 g/mol. The van der Waals surface area contributed by atoms with E-state index in [0.29, 0.717) is 16.7 Å². The van der Waals surface area contributed by atoms with Crippen LogP contribution in [0.4, 0.5) is 0 Å². The van der Waals surface area contributed by atoms with Crippen LogP contribution < -0.4 is 0 Å². The lowest BCUT2D eigenvalue weighted by atomic mass is 9.64. The highest BCUT2D eigenvalue weighted by Crippen LogP contribution is 2.44. The van der Waals surface area contributed by atoms with Crippen molar-refractivity contribution < 1.29 is 0 Å². The van der Waals surface area contributed by atoms with Crippen LogP contribution in [0, 0.1) is 22.7 Å². The summed E-state index contributed by atoms with van der Waals surface area (Å²) in [4.78, 5) is 0. The second kappa shape index (κ2) is 16.0. The molecule has 2 aliphatic rings. The van der Waals surface area contributed by atoms with E-state index in [-0.39, 0.29) is 0 Å². The van der Waals surface area contributed by atoms with Crippen LogP contribution >= 0.6 is 0 Å². The van der Waals surface area contributed by atoms with Gasteiger partial charge in [0.2, 0.25) is 0 Å². The molecule has 0 saturated heterocycles. The second-order valence-electron chi connectivity index (χ2n) is 13.8. The van der Waals surface area contributed by atoms with E-state index < -0.39 is 0 Å². The first kappa shape index (κ1) is 33.6. The lowest BCUT2D eigenvalue weighted by Gasteiger charge is -2.41. The standard InChI is InChI=1S/C40H58/c1-31(19-13-21-33(3)25-27-37-35(5)23-15-29-39(37,7)8)17-11-12-18-32(2)20-14-22-34(4)26-28-38-36(6)24-16-30-40(38,9)10/h11-14,17-22,25-28,35,37H,15-16,23-24,29-30H2,1-10H3. The molecule has 2 unspecified atom stereocenters. The third-order valence-corrected chi connectivity index (χ3v) is 8.88. The van der Waals surface area contributed by atoms with Gasteiger partial charge in [0.1, 0.15) is 0 Å². The van der Waals surface area contributed by atoms with E-state index in [1.54, 1.807) is 5.57 Å². The highest BCUT2D eigenvalue weighted by Gasteiger charge is 2.34. The molecule has 0 bridgehead atoms. The first-order valence-corrected chi connectivity index (χ1v) is 15.6. The largest absolute Gasteiger partial charge is 0.0804 e. The highest BCUT2D eigenvalue weighted by molar-refractivity contribution is 5.37. The number of allylic oxidation sites excluding steroid dienone is 20. The smallest absolute Gasteiger partial charge is 0.0104 e. The van der Waals surface area contributed by atoms with E-state index in [2.05, 4.69) is 154 Å². The van der Waals surface area contributed by atoms with Crippen molar-refractivity contribution in [3.63, 3.8) is 0 Å². The van der Waals surface area contributed by atoms with Gasteiger partial charge in [-0.1, -0.05) is 160 Å². The third kappa shape index (κ3) is 11.5. The Kier molecular flexibility index (Phi) is 13.4. The van der Waals surface area contributed by atoms with Gasteiger partial charge in [-0.3, -0.25) is 0 Å². The predicted molar refractivity (Wildman–Crippen MR) is 181 cm³/mol. The fraction of sp³-hybridized carbons (Fsp3) is 0.500. The van der Waals surface area contributed by atoms with Gasteiger partial charge >= 0.3 is 0 Å². The van der Waals surface area contributed by atoms with Crippen LogP contribution in [0.1, 0.15) is 108 Å². The number of hydrogen-bond acceptors (Lipinski definition) is 0. The Balaban J connectivity index is 1.87. The molecule has 2 rings (SSSR count). The van der Waals surface area contributed by atoms with Crippen LogP contribution in [-0.4, -0.2) is 0 Å². The third-order valence-electron chi connectivity index (χ3n) is 8.88. The first-order chi connectivity index (χ1) is 18.8. The minimum atomic E-state index is 0.293. The number of hydrogen-bond donors (Lipinski definition) is 0. The number of rotatable bonds is 10. The van der Waals surface area contributed by atoms with Gasteiger partial charge in [0.25, 0.3) is 0 Å². The Bertz CT molecular complexity index is 1140. The van der Waals surface area contributed by atoms with Crippen molar-refractivity contribution >= 4 is 0 Å². The molecule has 0 aliphatic heterocycles. The molecule has 0 heteroatoms. The molecule has 0 N–H and O–H groups in total. The molecule has 0 aromatic carbocycles. The maximum Gasteiger partial charge on any atom is -0.0104 e. The Morgan fingerprint density at radius 2 is 1.20 bits per heavy atom. The highest BCUT2D eigenvalue weighted by atomic mass is 14.4. The minimum absolute atomic E-state index is 0.293. The molecule has 0 spiro atoms. The van der Waals surface area contributed by atoms with E-state index in [1.807, 2.05) is 0 Å². The van der Waals surface area contributed by atoms with Gasteiger partial charge in [0.15, 0.2) is 0 Å².